The zero-order valence-electron chi connectivity index (χ0n) is 12.8. The maximum absolute atomic E-state index is 3.29. The Balaban J connectivity index is 0.000000296. The fourth-order valence-corrected chi connectivity index (χ4v) is 1.38. The van der Waals surface area contributed by atoms with Gasteiger partial charge < -0.3 is 56.2 Å². The smallest absolute Gasteiger partial charge is 0.363 e. The van der Waals surface area contributed by atoms with Gasteiger partial charge in [0.15, 0.2) is 0 Å². The lowest BCUT2D eigenvalue weighted by Gasteiger charge is -2.00. The Bertz CT molecular complexity index is 461. The van der Waals surface area contributed by atoms with Crippen LogP contribution in [0.4, 0.5) is 0 Å². The van der Waals surface area contributed by atoms with Gasteiger partial charge in [-0.25, -0.2) is 18.3 Å². The van der Waals surface area contributed by atoms with Crippen molar-refractivity contribution in [2.45, 2.75) is 26.9 Å². The molecule has 0 aliphatic heterocycles. The number of rotatable bonds is 2. The maximum atomic E-state index is 3.29. The van der Waals surface area contributed by atoms with Gasteiger partial charge >= 0.3 is 5.77 Å². The minimum atomic E-state index is -1.58. The Labute approximate surface area is 157 Å². The topological polar surface area (TPSA) is 17.6 Å². The molecule has 2 aromatic rings. The van der Waals surface area contributed by atoms with E-state index in [1.165, 1.54) is 0 Å². The van der Waals surface area contributed by atoms with Gasteiger partial charge in [0, 0.05) is 0 Å². The molecule has 0 saturated heterocycles. The van der Waals surface area contributed by atoms with Crippen LogP contribution in [0.5, 0.6) is 0 Å². The summed E-state index contributed by atoms with van der Waals surface area (Å²) in [5.74, 6) is -1.58. The molecule has 2 rings (SSSR count). The number of halogens is 4. The lowest BCUT2D eigenvalue weighted by Crippen LogP contribution is -2.23. The predicted molar refractivity (Wildman–Crippen MR) is 104 cm³/mol. The van der Waals surface area contributed by atoms with Crippen molar-refractivity contribution in [3.05, 3.63) is 37.4 Å². The van der Waals surface area contributed by atoms with Gasteiger partial charge in [0.1, 0.15) is 24.8 Å². The second kappa shape index (κ2) is 11.4. The third kappa shape index (κ3) is 14.2. The first-order valence-corrected chi connectivity index (χ1v) is 19.3. The van der Waals surface area contributed by atoms with Crippen LogP contribution in [0.25, 0.3) is 0 Å². The third-order valence-corrected chi connectivity index (χ3v) is 2.38. The number of aromatic nitrogens is 4. The quantitative estimate of drug-likeness (QED) is 0.389. The second-order valence-electron chi connectivity index (χ2n) is 4.31. The van der Waals surface area contributed by atoms with Crippen molar-refractivity contribution >= 4 is 62.0 Å². The van der Waals surface area contributed by atoms with E-state index in [1.54, 1.807) is 0 Å². The van der Waals surface area contributed by atoms with Crippen molar-refractivity contribution in [3.8, 4) is 0 Å². The van der Waals surface area contributed by atoms with Gasteiger partial charge in [-0.15, -0.1) is 0 Å². The normalized spacial score (nSPS) is 10.3. The molecule has 0 saturated carbocycles. The van der Waals surface area contributed by atoms with Crippen LogP contribution in [0.15, 0.2) is 37.4 Å². The van der Waals surface area contributed by atoms with E-state index in [4.69, 9.17) is 0 Å². The van der Waals surface area contributed by atoms with Gasteiger partial charge in [0.2, 0.25) is 12.7 Å². The summed E-state index contributed by atoms with van der Waals surface area (Å²) in [6.07, 6.45) is 12.3. The Morgan fingerprint density at radius 2 is 1.10 bits per heavy atom. The van der Waals surface area contributed by atoms with Crippen LogP contribution in [-0.4, -0.2) is 14.9 Å². The van der Waals surface area contributed by atoms with Crippen LogP contribution in [0.1, 0.15) is 13.8 Å². The number of hydrogen-bond acceptors (Lipinski definition) is 0. The highest BCUT2D eigenvalue weighted by molar-refractivity contribution is 9.90. The van der Waals surface area contributed by atoms with E-state index in [1.807, 2.05) is 35.6 Å². The Morgan fingerprint density at radius 1 is 0.810 bits per heavy atom. The lowest BCUT2D eigenvalue weighted by molar-refractivity contribution is -0.671. The molecule has 0 radical (unpaired) electrons. The van der Waals surface area contributed by atoms with Gasteiger partial charge in [0.25, 0.3) is 0 Å². The van der Waals surface area contributed by atoms with E-state index in [9.17, 15) is 0 Å². The molecule has 21 heavy (non-hydrogen) atoms. The maximum Gasteiger partial charge on any atom is 0.450 e. The summed E-state index contributed by atoms with van der Waals surface area (Å²) in [5.41, 5.74) is 0. The first-order valence-electron chi connectivity index (χ1n) is 6.55. The Hall–Kier alpha value is 0.872. The molecule has 4 nitrogen and oxygen atoms in total. The van der Waals surface area contributed by atoms with Gasteiger partial charge in [-0.1, -0.05) is 0 Å². The SMILES string of the molecule is CCn1cc[n+](C)c1.CCn1cc[n+](C)c1.[Br][Al-]([Br])([Br])[Br]. The van der Waals surface area contributed by atoms with Crippen LogP contribution in [-0.2, 0) is 27.2 Å². The molecular formula is C12H22AlBr4N4+. The highest BCUT2D eigenvalue weighted by Crippen LogP contribution is 2.33. The van der Waals surface area contributed by atoms with E-state index in [0.717, 1.165) is 13.1 Å². The molecular weight excluding hydrogens is 547 g/mol. The molecule has 2 heterocycles. The van der Waals surface area contributed by atoms with Crippen LogP contribution in [0.2, 0.25) is 0 Å². The van der Waals surface area contributed by atoms with Crippen molar-refractivity contribution in [1.82, 2.24) is 9.13 Å². The van der Waals surface area contributed by atoms with Crippen LogP contribution >= 0.6 is 56.2 Å². The van der Waals surface area contributed by atoms with Gasteiger partial charge in [0.05, 0.1) is 27.2 Å². The zero-order chi connectivity index (χ0) is 16.5. The summed E-state index contributed by atoms with van der Waals surface area (Å²) in [6.45, 7) is 6.36. The number of aryl methyl sites for hydroxylation is 4. The zero-order valence-corrected chi connectivity index (χ0v) is 20.3. The Kier molecular flexibility index (Phi) is 11.9. The van der Waals surface area contributed by atoms with Crippen LogP contribution in [0, 0.1) is 0 Å². The second-order valence-corrected chi connectivity index (χ2v) is 43.9. The summed E-state index contributed by atoms with van der Waals surface area (Å²) in [5, 5.41) is 0. The summed E-state index contributed by atoms with van der Waals surface area (Å²) in [6, 6.07) is 0. The molecule has 9 heteroatoms. The first-order chi connectivity index (χ1) is 9.65. The van der Waals surface area contributed by atoms with Crippen molar-refractivity contribution in [2.75, 3.05) is 0 Å². The summed E-state index contributed by atoms with van der Waals surface area (Å²) < 4.78 is 8.31. The number of nitrogens with zero attached hydrogens (tertiary/aromatic N) is 4. The highest BCUT2D eigenvalue weighted by atomic mass is 80.0. The Morgan fingerprint density at radius 3 is 1.19 bits per heavy atom. The first kappa shape index (κ1) is 21.9. The summed E-state index contributed by atoms with van der Waals surface area (Å²) in [4.78, 5) is 0. The van der Waals surface area contributed by atoms with Crippen molar-refractivity contribution < 1.29 is 9.13 Å². The highest BCUT2D eigenvalue weighted by Gasteiger charge is 2.09. The largest absolute Gasteiger partial charge is 0.450 e. The van der Waals surface area contributed by atoms with Crippen molar-refractivity contribution in [3.63, 3.8) is 0 Å². The monoisotopic (exact) mass is 565 g/mol. The number of imidazole rings is 2. The van der Waals surface area contributed by atoms with E-state index >= 15 is 0 Å². The average molecular weight is 569 g/mol. The lowest BCUT2D eigenvalue weighted by atomic mass is 10.7. The molecule has 0 bridgehead atoms. The molecule has 0 amide bonds. The molecule has 0 spiro atoms. The van der Waals surface area contributed by atoms with E-state index < -0.39 is 5.77 Å². The molecule has 0 unspecified atom stereocenters. The van der Waals surface area contributed by atoms with Crippen LogP contribution < -0.4 is 9.13 Å². The average Bonchev–Trinajstić information content (AvgIpc) is 2.96. The van der Waals surface area contributed by atoms with Gasteiger partial charge in [-0.2, -0.15) is 0 Å². The molecule has 0 aliphatic carbocycles. The third-order valence-electron chi connectivity index (χ3n) is 2.38. The summed E-state index contributed by atoms with van der Waals surface area (Å²) in [7, 11) is 4.04. The fourth-order valence-electron chi connectivity index (χ4n) is 1.38. The van der Waals surface area contributed by atoms with Gasteiger partial charge in [-0.3, -0.25) is 0 Å². The molecule has 0 aromatic carbocycles. The van der Waals surface area contributed by atoms with E-state index in [2.05, 4.69) is 104 Å². The van der Waals surface area contributed by atoms with E-state index in [0.29, 0.717) is 0 Å². The molecule has 0 N–H and O–H groups in total. The van der Waals surface area contributed by atoms with Crippen molar-refractivity contribution in [2.24, 2.45) is 14.1 Å². The standard InChI is InChI=1S/2C6H11N2.Al.4BrH/c2*1-3-8-5-4-7(2)6-8;;;;;/h2*4-6H,3H2,1-2H3;;4*1H/q2*+1;+3;;;;/p-4. The van der Waals surface area contributed by atoms with E-state index in [-0.39, 0.29) is 0 Å². The fraction of sp³-hybridized carbons (Fsp3) is 0.500. The molecule has 0 atom stereocenters. The minimum Gasteiger partial charge on any atom is -0.363 e. The van der Waals surface area contributed by atoms with Crippen LogP contribution in [0.3, 0.4) is 0 Å². The molecule has 0 fully saturated rings. The summed E-state index contributed by atoms with van der Waals surface area (Å²) >= 11 is 13.2. The predicted octanol–water partition coefficient (Wildman–Crippen LogP) is 3.67. The molecule has 2 aromatic heterocycles. The minimum absolute atomic E-state index is 1.06. The number of hydrogen-bond donors (Lipinski definition) is 0. The van der Waals surface area contributed by atoms with Gasteiger partial charge in [-0.05, 0) is 13.8 Å². The van der Waals surface area contributed by atoms with Crippen molar-refractivity contribution in [1.29, 1.82) is 0 Å². The molecule has 120 valence electrons. The molecule has 0 aliphatic rings.